The van der Waals surface area contributed by atoms with Gasteiger partial charge in [-0.05, 0) is 25.5 Å². The third kappa shape index (κ3) is 4.39. The summed E-state index contributed by atoms with van der Waals surface area (Å²) in [6.07, 6.45) is 4.83. The molecule has 8 heteroatoms. The van der Waals surface area contributed by atoms with Crippen molar-refractivity contribution in [3.05, 3.63) is 35.2 Å². The van der Waals surface area contributed by atoms with Crippen molar-refractivity contribution < 1.29 is 4.79 Å². The molecule has 0 aliphatic carbocycles. The van der Waals surface area contributed by atoms with Crippen LogP contribution in [0.4, 0.5) is 0 Å². The van der Waals surface area contributed by atoms with Crippen molar-refractivity contribution in [1.82, 2.24) is 19.2 Å². The van der Waals surface area contributed by atoms with Crippen LogP contribution in [0.3, 0.4) is 0 Å². The predicted octanol–water partition coefficient (Wildman–Crippen LogP) is 1.79. The first-order valence-electron chi connectivity index (χ1n) is 7.93. The lowest BCUT2D eigenvalue weighted by molar-refractivity contribution is -0.132. The van der Waals surface area contributed by atoms with Gasteiger partial charge >= 0.3 is 0 Å². The molecule has 1 atom stereocenters. The molecule has 1 amide bonds. The fraction of sp³-hybridized carbons (Fsp3) is 0.500. The molecular weight excluding hydrogens is 349 g/mol. The number of halogens is 2. The average Bonchev–Trinajstić information content (AvgIpc) is 2.75. The minimum absolute atomic E-state index is 0. The molecule has 2 N–H and O–H groups in total. The van der Waals surface area contributed by atoms with Crippen molar-refractivity contribution >= 4 is 35.6 Å². The van der Waals surface area contributed by atoms with Crippen molar-refractivity contribution in [2.45, 2.75) is 25.9 Å². The first kappa shape index (κ1) is 19.0. The van der Waals surface area contributed by atoms with Crippen LogP contribution >= 0.6 is 24.0 Å². The number of imidazole rings is 1. The highest BCUT2D eigenvalue weighted by Crippen LogP contribution is 2.14. The molecule has 2 aromatic rings. The first-order chi connectivity index (χ1) is 11.0. The quantitative estimate of drug-likeness (QED) is 0.892. The highest BCUT2D eigenvalue weighted by molar-refractivity contribution is 6.30. The Bertz CT molecular complexity index is 703. The third-order valence-electron chi connectivity index (χ3n) is 4.14. The summed E-state index contributed by atoms with van der Waals surface area (Å²) in [7, 11) is 0. The lowest BCUT2D eigenvalue weighted by Gasteiger charge is -2.23. The van der Waals surface area contributed by atoms with Crippen LogP contribution in [0.25, 0.3) is 5.65 Å². The van der Waals surface area contributed by atoms with Gasteiger partial charge in [-0.2, -0.15) is 0 Å². The Morgan fingerprint density at radius 3 is 2.83 bits per heavy atom. The predicted molar refractivity (Wildman–Crippen MR) is 97.6 cm³/mol. The van der Waals surface area contributed by atoms with Crippen LogP contribution < -0.4 is 5.73 Å². The summed E-state index contributed by atoms with van der Waals surface area (Å²) in [5, 5.41) is 0.696. The Morgan fingerprint density at radius 2 is 2.08 bits per heavy atom. The van der Waals surface area contributed by atoms with Crippen molar-refractivity contribution in [2.75, 3.05) is 26.2 Å². The van der Waals surface area contributed by atoms with Crippen molar-refractivity contribution in [2.24, 2.45) is 5.73 Å². The van der Waals surface area contributed by atoms with Gasteiger partial charge in [0.25, 0.3) is 0 Å². The minimum atomic E-state index is -0.426. The Morgan fingerprint density at radius 1 is 1.29 bits per heavy atom. The van der Waals surface area contributed by atoms with Crippen LogP contribution in [-0.4, -0.2) is 57.3 Å². The molecule has 3 heterocycles. The molecular formula is C16H23Cl2N5O. The van der Waals surface area contributed by atoms with Gasteiger partial charge < -0.3 is 15.0 Å². The number of rotatable bonds is 3. The van der Waals surface area contributed by atoms with Gasteiger partial charge in [-0.15, -0.1) is 12.4 Å². The molecule has 1 saturated heterocycles. The van der Waals surface area contributed by atoms with Gasteiger partial charge in [0.2, 0.25) is 5.91 Å². The van der Waals surface area contributed by atoms with E-state index < -0.39 is 6.04 Å². The zero-order chi connectivity index (χ0) is 16.4. The van der Waals surface area contributed by atoms with E-state index in [0.717, 1.165) is 50.5 Å². The molecule has 0 saturated carbocycles. The summed E-state index contributed by atoms with van der Waals surface area (Å²) >= 11 is 6.01. The van der Waals surface area contributed by atoms with Gasteiger partial charge in [0, 0.05) is 45.1 Å². The van der Waals surface area contributed by atoms with E-state index in [4.69, 9.17) is 17.3 Å². The summed E-state index contributed by atoms with van der Waals surface area (Å²) in [5.41, 5.74) is 7.61. The number of aromatic nitrogens is 2. The Balaban J connectivity index is 0.00000208. The highest BCUT2D eigenvalue weighted by Gasteiger charge is 2.21. The Labute approximate surface area is 153 Å². The summed E-state index contributed by atoms with van der Waals surface area (Å²) < 4.78 is 1.95. The normalized spacial score (nSPS) is 17.4. The summed E-state index contributed by atoms with van der Waals surface area (Å²) in [4.78, 5) is 20.8. The van der Waals surface area contributed by atoms with E-state index >= 15 is 0 Å². The lowest BCUT2D eigenvalue weighted by atomic mass is 10.3. The fourth-order valence-corrected chi connectivity index (χ4v) is 3.13. The van der Waals surface area contributed by atoms with Gasteiger partial charge in [0.05, 0.1) is 16.8 Å². The largest absolute Gasteiger partial charge is 0.340 e. The molecule has 3 rings (SSSR count). The molecule has 0 aromatic carbocycles. The Hall–Kier alpha value is -1.34. The second-order valence-electron chi connectivity index (χ2n) is 6.09. The van der Waals surface area contributed by atoms with E-state index in [2.05, 4.69) is 9.88 Å². The van der Waals surface area contributed by atoms with Crippen LogP contribution in [-0.2, 0) is 11.3 Å². The number of hydrogen-bond acceptors (Lipinski definition) is 4. The molecule has 0 radical (unpaired) electrons. The first-order valence-corrected chi connectivity index (χ1v) is 8.30. The molecule has 1 fully saturated rings. The third-order valence-corrected chi connectivity index (χ3v) is 4.36. The zero-order valence-electron chi connectivity index (χ0n) is 13.7. The molecule has 6 nitrogen and oxygen atoms in total. The van der Waals surface area contributed by atoms with Crippen molar-refractivity contribution in [1.29, 1.82) is 0 Å². The number of amides is 1. The van der Waals surface area contributed by atoms with Crippen molar-refractivity contribution in [3.63, 3.8) is 0 Å². The van der Waals surface area contributed by atoms with Gasteiger partial charge in [-0.25, -0.2) is 4.98 Å². The second kappa shape index (κ2) is 8.16. The van der Waals surface area contributed by atoms with Crippen LogP contribution in [0.2, 0.25) is 5.02 Å². The minimum Gasteiger partial charge on any atom is -0.340 e. The number of hydrogen-bond donors (Lipinski definition) is 1. The highest BCUT2D eigenvalue weighted by atomic mass is 35.5. The molecule has 132 valence electrons. The molecule has 24 heavy (non-hydrogen) atoms. The maximum absolute atomic E-state index is 12.0. The average molecular weight is 372 g/mol. The number of carbonyl (C=O) groups is 1. The number of nitrogens with two attached hydrogens (primary N) is 1. The zero-order valence-corrected chi connectivity index (χ0v) is 15.3. The van der Waals surface area contributed by atoms with Crippen LogP contribution in [0, 0.1) is 0 Å². The van der Waals surface area contributed by atoms with E-state index in [1.807, 2.05) is 33.8 Å². The van der Waals surface area contributed by atoms with E-state index in [1.165, 1.54) is 0 Å². The maximum atomic E-state index is 12.0. The van der Waals surface area contributed by atoms with Gasteiger partial charge in [0.15, 0.2) is 0 Å². The number of carbonyl (C=O) groups excluding carboxylic acids is 1. The molecule has 1 aliphatic rings. The number of pyridine rings is 1. The second-order valence-corrected chi connectivity index (χ2v) is 6.53. The summed E-state index contributed by atoms with van der Waals surface area (Å²) in [5.74, 6) is 0.0363. The van der Waals surface area contributed by atoms with Crippen molar-refractivity contribution in [3.8, 4) is 0 Å². The number of fused-ring (bicyclic) bond motifs is 1. The van der Waals surface area contributed by atoms with Gasteiger partial charge in [-0.1, -0.05) is 11.6 Å². The summed E-state index contributed by atoms with van der Waals surface area (Å²) in [6.45, 7) is 5.81. The SMILES string of the molecule is CC(N)C(=O)N1CCCN(Cc2cn3cc(Cl)ccc3n2)CC1.Cl. The number of nitrogens with zero attached hydrogens (tertiary/aromatic N) is 4. The van der Waals surface area contributed by atoms with Crippen LogP contribution in [0.5, 0.6) is 0 Å². The van der Waals surface area contributed by atoms with E-state index in [1.54, 1.807) is 6.92 Å². The topological polar surface area (TPSA) is 66.9 Å². The summed E-state index contributed by atoms with van der Waals surface area (Å²) in [6, 6.07) is 3.33. The van der Waals surface area contributed by atoms with E-state index in [9.17, 15) is 4.79 Å². The van der Waals surface area contributed by atoms with Crippen LogP contribution in [0.15, 0.2) is 24.5 Å². The van der Waals surface area contributed by atoms with Gasteiger partial charge in [-0.3, -0.25) is 9.69 Å². The molecule has 0 spiro atoms. The van der Waals surface area contributed by atoms with Crippen LogP contribution in [0.1, 0.15) is 19.0 Å². The lowest BCUT2D eigenvalue weighted by Crippen LogP contribution is -2.43. The molecule has 2 aromatic heterocycles. The molecule has 1 aliphatic heterocycles. The maximum Gasteiger partial charge on any atom is 0.239 e. The standard InChI is InChI=1S/C16H22ClN5O.ClH/c1-12(18)16(23)21-6-2-5-20(7-8-21)10-14-11-22-9-13(17)3-4-15(22)19-14;/h3-4,9,11-12H,2,5-8,10,18H2,1H3;1H. The smallest absolute Gasteiger partial charge is 0.239 e. The van der Waals surface area contributed by atoms with E-state index in [-0.39, 0.29) is 18.3 Å². The van der Waals surface area contributed by atoms with Gasteiger partial charge in [0.1, 0.15) is 5.65 Å². The molecule has 1 unspecified atom stereocenters. The fourth-order valence-electron chi connectivity index (χ4n) is 2.96. The monoisotopic (exact) mass is 371 g/mol. The van der Waals surface area contributed by atoms with E-state index in [0.29, 0.717) is 5.02 Å². The molecule has 0 bridgehead atoms. The Kier molecular flexibility index (Phi) is 6.46.